The summed E-state index contributed by atoms with van der Waals surface area (Å²) < 4.78 is 0.882. The number of aryl methyl sites for hydroxylation is 2. The van der Waals surface area contributed by atoms with E-state index < -0.39 is 0 Å². The molecule has 1 aromatic carbocycles. The zero-order valence-corrected chi connectivity index (χ0v) is 12.9. The second-order valence-electron chi connectivity index (χ2n) is 4.70. The Balaban J connectivity index is 2.02. The number of hydrogen-bond donors (Lipinski definition) is 1. The first-order chi connectivity index (χ1) is 9.67. The van der Waals surface area contributed by atoms with Crippen LogP contribution in [0.15, 0.2) is 28.7 Å². The maximum atomic E-state index is 9.28. The molecule has 0 amide bonds. The van der Waals surface area contributed by atoms with Gasteiger partial charge in [-0.1, -0.05) is 11.6 Å². The molecule has 0 spiro atoms. The second kappa shape index (κ2) is 5.43. The van der Waals surface area contributed by atoms with E-state index in [0.717, 1.165) is 35.1 Å². The van der Waals surface area contributed by atoms with Gasteiger partial charge in [-0.05, 0) is 65.0 Å². The van der Waals surface area contributed by atoms with Gasteiger partial charge in [0.2, 0.25) is 0 Å². The Morgan fingerprint density at radius 2 is 2.15 bits per heavy atom. The summed E-state index contributed by atoms with van der Waals surface area (Å²) in [5, 5.41) is 13.1. The summed E-state index contributed by atoms with van der Waals surface area (Å²) >= 11 is 9.47. The Labute approximate surface area is 130 Å². The van der Waals surface area contributed by atoms with Gasteiger partial charge in [-0.15, -0.1) is 0 Å². The van der Waals surface area contributed by atoms with Gasteiger partial charge in [-0.25, -0.2) is 4.98 Å². The van der Waals surface area contributed by atoms with E-state index in [1.54, 1.807) is 6.07 Å². The van der Waals surface area contributed by atoms with Gasteiger partial charge in [0.05, 0.1) is 11.3 Å². The van der Waals surface area contributed by atoms with Crippen molar-refractivity contribution in [3.05, 3.63) is 50.6 Å². The van der Waals surface area contributed by atoms with Crippen molar-refractivity contribution in [1.82, 2.24) is 4.98 Å². The molecule has 0 saturated carbocycles. The van der Waals surface area contributed by atoms with Crippen molar-refractivity contribution in [2.24, 2.45) is 0 Å². The van der Waals surface area contributed by atoms with E-state index in [1.807, 2.05) is 18.2 Å². The van der Waals surface area contributed by atoms with Crippen molar-refractivity contribution in [2.75, 3.05) is 5.32 Å². The van der Waals surface area contributed by atoms with Crippen LogP contribution in [0.5, 0.6) is 0 Å². The van der Waals surface area contributed by atoms with Gasteiger partial charge in [0.25, 0.3) is 0 Å². The molecule has 0 aliphatic heterocycles. The summed E-state index contributed by atoms with van der Waals surface area (Å²) in [6.45, 7) is 0. The van der Waals surface area contributed by atoms with Gasteiger partial charge >= 0.3 is 0 Å². The minimum atomic E-state index is 0.567. The van der Waals surface area contributed by atoms with E-state index in [-0.39, 0.29) is 0 Å². The maximum Gasteiger partial charge on any atom is 0.148 e. The highest BCUT2D eigenvalue weighted by atomic mass is 79.9. The van der Waals surface area contributed by atoms with Crippen LogP contribution in [0.25, 0.3) is 0 Å². The van der Waals surface area contributed by atoms with Gasteiger partial charge in [0.15, 0.2) is 0 Å². The number of nitrogens with one attached hydrogen (secondary N) is 1. The fraction of sp³-hybridized carbons (Fsp3) is 0.200. The molecule has 0 fully saturated rings. The minimum absolute atomic E-state index is 0.567. The van der Waals surface area contributed by atoms with E-state index in [4.69, 9.17) is 11.6 Å². The zero-order chi connectivity index (χ0) is 14.1. The number of benzene rings is 1. The number of aromatic nitrogens is 1. The third-order valence-corrected chi connectivity index (χ3v) is 4.28. The number of anilines is 2. The Morgan fingerprint density at radius 1 is 1.30 bits per heavy atom. The number of halogens is 2. The van der Waals surface area contributed by atoms with E-state index in [2.05, 4.69) is 32.3 Å². The van der Waals surface area contributed by atoms with E-state index in [0.29, 0.717) is 16.4 Å². The first-order valence-electron chi connectivity index (χ1n) is 6.32. The lowest BCUT2D eigenvalue weighted by atomic mass is 10.1. The summed E-state index contributed by atoms with van der Waals surface area (Å²) in [6.07, 6.45) is 3.10. The van der Waals surface area contributed by atoms with Crippen molar-refractivity contribution in [2.45, 2.75) is 19.3 Å². The number of nitriles is 1. The Morgan fingerprint density at radius 3 is 2.95 bits per heavy atom. The van der Waals surface area contributed by atoms with Gasteiger partial charge < -0.3 is 5.32 Å². The fourth-order valence-electron chi connectivity index (χ4n) is 2.37. The summed E-state index contributed by atoms with van der Waals surface area (Å²) in [6, 6.07) is 9.62. The highest BCUT2D eigenvalue weighted by Crippen LogP contribution is 2.31. The summed E-state index contributed by atoms with van der Waals surface area (Å²) in [4.78, 5) is 4.59. The van der Waals surface area contributed by atoms with Crippen molar-refractivity contribution >= 4 is 39.0 Å². The third kappa shape index (κ3) is 2.52. The van der Waals surface area contributed by atoms with Crippen LogP contribution in [0, 0.1) is 11.3 Å². The van der Waals surface area contributed by atoms with Gasteiger partial charge in [0.1, 0.15) is 11.9 Å². The molecule has 1 aliphatic carbocycles. The molecule has 3 rings (SSSR count). The van der Waals surface area contributed by atoms with Crippen LogP contribution >= 0.6 is 27.5 Å². The average molecular weight is 349 g/mol. The molecule has 1 aliphatic rings. The van der Waals surface area contributed by atoms with Crippen LogP contribution in [0.2, 0.25) is 5.02 Å². The molecular weight excluding hydrogens is 338 g/mol. The van der Waals surface area contributed by atoms with Crippen LogP contribution in [0.1, 0.15) is 23.2 Å². The zero-order valence-electron chi connectivity index (χ0n) is 10.6. The molecule has 0 radical (unpaired) electrons. The summed E-state index contributed by atoms with van der Waals surface area (Å²) in [5.41, 5.74) is 3.65. The largest absolute Gasteiger partial charge is 0.338 e. The predicted molar refractivity (Wildman–Crippen MR) is 83.4 cm³/mol. The molecule has 3 nitrogen and oxygen atoms in total. The van der Waals surface area contributed by atoms with Crippen molar-refractivity contribution < 1.29 is 0 Å². The minimum Gasteiger partial charge on any atom is -0.338 e. The first kappa shape index (κ1) is 13.4. The molecule has 1 N–H and O–H groups in total. The Kier molecular flexibility index (Phi) is 3.64. The SMILES string of the molecule is N#Cc1cc2c(nc1Nc1cc(Cl)ccc1Br)CCC2. The van der Waals surface area contributed by atoms with E-state index in [1.165, 1.54) is 5.56 Å². The number of fused-ring (bicyclic) bond motifs is 1. The lowest BCUT2D eigenvalue weighted by Gasteiger charge is -2.11. The molecule has 20 heavy (non-hydrogen) atoms. The van der Waals surface area contributed by atoms with Gasteiger partial charge in [0, 0.05) is 15.2 Å². The maximum absolute atomic E-state index is 9.28. The quantitative estimate of drug-likeness (QED) is 0.862. The predicted octanol–water partition coefficient (Wildman–Crippen LogP) is 4.60. The van der Waals surface area contributed by atoms with Crippen LogP contribution < -0.4 is 5.32 Å². The highest BCUT2D eigenvalue weighted by molar-refractivity contribution is 9.10. The smallest absolute Gasteiger partial charge is 0.148 e. The van der Waals surface area contributed by atoms with Crippen molar-refractivity contribution in [3.8, 4) is 6.07 Å². The molecule has 0 bridgehead atoms. The summed E-state index contributed by atoms with van der Waals surface area (Å²) in [5.74, 6) is 0.594. The van der Waals surface area contributed by atoms with Gasteiger partial charge in [-0.3, -0.25) is 0 Å². The standard InChI is InChI=1S/C15H11BrClN3/c16-12-5-4-11(17)7-14(12)20-15-10(8-18)6-9-2-1-3-13(9)19-15/h4-7H,1-3H2,(H,19,20). The number of pyridine rings is 1. The van der Waals surface area contributed by atoms with Gasteiger partial charge in [-0.2, -0.15) is 5.26 Å². The lowest BCUT2D eigenvalue weighted by molar-refractivity contribution is 0.900. The normalized spacial score (nSPS) is 12.8. The van der Waals surface area contributed by atoms with Crippen LogP contribution in [0.4, 0.5) is 11.5 Å². The molecule has 2 aromatic rings. The van der Waals surface area contributed by atoms with Crippen LogP contribution in [0.3, 0.4) is 0 Å². The Bertz CT molecular complexity index is 722. The molecule has 100 valence electrons. The molecule has 5 heteroatoms. The fourth-order valence-corrected chi connectivity index (χ4v) is 2.89. The molecular formula is C15H11BrClN3. The van der Waals surface area contributed by atoms with Crippen molar-refractivity contribution in [3.63, 3.8) is 0 Å². The molecule has 1 aromatic heterocycles. The van der Waals surface area contributed by atoms with Crippen molar-refractivity contribution in [1.29, 1.82) is 5.26 Å². The monoisotopic (exact) mass is 347 g/mol. The van der Waals surface area contributed by atoms with Crippen LogP contribution in [-0.4, -0.2) is 4.98 Å². The number of hydrogen-bond acceptors (Lipinski definition) is 3. The average Bonchev–Trinajstić information content (AvgIpc) is 2.89. The molecule has 0 saturated heterocycles. The second-order valence-corrected chi connectivity index (χ2v) is 6.00. The number of nitrogens with zero attached hydrogens (tertiary/aromatic N) is 2. The third-order valence-electron chi connectivity index (χ3n) is 3.35. The number of rotatable bonds is 2. The molecule has 1 heterocycles. The molecule has 0 atom stereocenters. The summed E-state index contributed by atoms with van der Waals surface area (Å²) in [7, 11) is 0. The Hall–Kier alpha value is -1.57. The van der Waals surface area contributed by atoms with Crippen LogP contribution in [-0.2, 0) is 12.8 Å². The topological polar surface area (TPSA) is 48.7 Å². The van der Waals surface area contributed by atoms with E-state index in [9.17, 15) is 5.26 Å². The highest BCUT2D eigenvalue weighted by Gasteiger charge is 2.17. The molecule has 0 unspecified atom stereocenters. The first-order valence-corrected chi connectivity index (χ1v) is 7.49. The van der Waals surface area contributed by atoms with E-state index >= 15 is 0 Å². The lowest BCUT2D eigenvalue weighted by Crippen LogP contribution is -2.01.